The first-order valence-corrected chi connectivity index (χ1v) is 5.51. The molecule has 0 aromatic heterocycles. The summed E-state index contributed by atoms with van der Waals surface area (Å²) in [5, 5.41) is 10.9. The standard InChI is InChI=1S/C11H12ClNO5/c1-7(14)18-11(12)6-8-9(13(15)16)4-3-5-10(8)17-2/h3-5,11H,6H2,1-2H3. The van der Waals surface area contributed by atoms with E-state index in [0.29, 0.717) is 11.3 Å². The number of nitrogens with zero attached hydrogens (tertiary/aromatic N) is 1. The molecule has 1 atom stereocenters. The number of halogens is 1. The Morgan fingerprint density at radius 3 is 2.72 bits per heavy atom. The maximum absolute atomic E-state index is 10.9. The Hall–Kier alpha value is -1.82. The summed E-state index contributed by atoms with van der Waals surface area (Å²) in [6, 6.07) is 4.43. The third kappa shape index (κ3) is 3.59. The lowest BCUT2D eigenvalue weighted by molar-refractivity contribution is -0.385. The van der Waals surface area contributed by atoms with Gasteiger partial charge in [0.1, 0.15) is 5.75 Å². The van der Waals surface area contributed by atoms with Gasteiger partial charge in [0.25, 0.3) is 5.69 Å². The van der Waals surface area contributed by atoms with Crippen molar-refractivity contribution in [2.24, 2.45) is 0 Å². The molecule has 1 rings (SSSR count). The number of carbonyl (C=O) groups excluding carboxylic acids is 1. The van der Waals surface area contributed by atoms with Gasteiger partial charge in [-0.25, -0.2) is 0 Å². The fourth-order valence-corrected chi connectivity index (χ4v) is 1.78. The van der Waals surface area contributed by atoms with Crippen LogP contribution < -0.4 is 4.74 Å². The van der Waals surface area contributed by atoms with Crippen LogP contribution in [0.3, 0.4) is 0 Å². The molecule has 1 unspecified atom stereocenters. The third-order valence-corrected chi connectivity index (χ3v) is 2.43. The van der Waals surface area contributed by atoms with Crippen LogP contribution in [0.1, 0.15) is 12.5 Å². The molecule has 1 aromatic carbocycles. The summed E-state index contributed by atoms with van der Waals surface area (Å²) in [5.74, 6) is -0.213. The van der Waals surface area contributed by atoms with E-state index in [1.807, 2.05) is 0 Å². The van der Waals surface area contributed by atoms with Gasteiger partial charge < -0.3 is 9.47 Å². The Balaban J connectivity index is 3.04. The molecule has 0 aliphatic rings. The summed E-state index contributed by atoms with van der Waals surface area (Å²) in [5.41, 5.74) is -0.795. The van der Waals surface area contributed by atoms with Gasteiger partial charge in [-0.3, -0.25) is 14.9 Å². The number of nitro groups is 1. The van der Waals surface area contributed by atoms with Gasteiger partial charge in [-0.2, -0.15) is 0 Å². The molecule has 0 aliphatic carbocycles. The first-order valence-electron chi connectivity index (χ1n) is 5.07. The summed E-state index contributed by atoms with van der Waals surface area (Å²) >= 11 is 5.79. The van der Waals surface area contributed by atoms with Crippen LogP contribution in [0, 0.1) is 10.1 Å². The lowest BCUT2D eigenvalue weighted by Crippen LogP contribution is -2.14. The summed E-state index contributed by atoms with van der Waals surface area (Å²) in [7, 11) is 1.40. The average Bonchev–Trinajstić information content (AvgIpc) is 2.27. The normalized spacial score (nSPS) is 11.7. The van der Waals surface area contributed by atoms with Crippen LogP contribution in [-0.2, 0) is 16.0 Å². The monoisotopic (exact) mass is 273 g/mol. The minimum Gasteiger partial charge on any atom is -0.496 e. The van der Waals surface area contributed by atoms with Crippen molar-refractivity contribution in [3.8, 4) is 5.75 Å². The number of esters is 1. The molecule has 0 fully saturated rings. The van der Waals surface area contributed by atoms with E-state index in [1.165, 1.54) is 26.2 Å². The predicted molar refractivity (Wildman–Crippen MR) is 64.8 cm³/mol. The molecular formula is C11H12ClNO5. The maximum Gasteiger partial charge on any atom is 0.304 e. The zero-order chi connectivity index (χ0) is 13.7. The first kappa shape index (κ1) is 14.2. The topological polar surface area (TPSA) is 78.7 Å². The van der Waals surface area contributed by atoms with E-state index in [4.69, 9.17) is 21.1 Å². The van der Waals surface area contributed by atoms with Gasteiger partial charge in [-0.05, 0) is 6.07 Å². The van der Waals surface area contributed by atoms with Gasteiger partial charge in [0, 0.05) is 19.4 Å². The predicted octanol–water partition coefficient (Wildman–Crippen LogP) is 2.27. The minimum absolute atomic E-state index is 0.00145. The van der Waals surface area contributed by atoms with Crippen LogP contribution in [0.15, 0.2) is 18.2 Å². The largest absolute Gasteiger partial charge is 0.496 e. The van der Waals surface area contributed by atoms with Crippen molar-refractivity contribution < 1.29 is 19.2 Å². The average molecular weight is 274 g/mol. The van der Waals surface area contributed by atoms with Crippen molar-refractivity contribution in [2.75, 3.05) is 7.11 Å². The summed E-state index contributed by atoms with van der Waals surface area (Å²) in [6.45, 7) is 1.21. The van der Waals surface area contributed by atoms with Crippen molar-refractivity contribution in [3.63, 3.8) is 0 Å². The Labute approximate surface area is 109 Å². The number of hydrogen-bond acceptors (Lipinski definition) is 5. The molecular weight excluding hydrogens is 262 g/mol. The summed E-state index contributed by atoms with van der Waals surface area (Å²) < 4.78 is 9.78. The Morgan fingerprint density at radius 2 is 2.22 bits per heavy atom. The third-order valence-electron chi connectivity index (χ3n) is 2.18. The molecule has 98 valence electrons. The molecule has 0 bridgehead atoms. The first-order chi connectivity index (χ1) is 8.45. The number of benzene rings is 1. The second-order valence-electron chi connectivity index (χ2n) is 3.44. The van der Waals surface area contributed by atoms with Crippen LogP contribution in [0.2, 0.25) is 0 Å². The van der Waals surface area contributed by atoms with Gasteiger partial charge in [0.05, 0.1) is 17.6 Å². The molecule has 0 spiro atoms. The summed E-state index contributed by atoms with van der Waals surface area (Å²) in [6.07, 6.45) is 0.00145. The molecule has 6 nitrogen and oxygen atoms in total. The highest BCUT2D eigenvalue weighted by molar-refractivity contribution is 6.20. The van der Waals surface area contributed by atoms with Crippen molar-refractivity contribution in [3.05, 3.63) is 33.9 Å². The van der Waals surface area contributed by atoms with E-state index in [-0.39, 0.29) is 12.1 Å². The molecule has 7 heteroatoms. The van der Waals surface area contributed by atoms with Crippen LogP contribution in [0.25, 0.3) is 0 Å². The minimum atomic E-state index is -0.975. The Kier molecular flexibility index (Phi) is 4.91. The molecule has 0 heterocycles. The highest BCUT2D eigenvalue weighted by Gasteiger charge is 2.22. The van der Waals surface area contributed by atoms with E-state index >= 15 is 0 Å². The number of hydrogen-bond donors (Lipinski definition) is 0. The van der Waals surface area contributed by atoms with Gasteiger partial charge in [-0.15, -0.1) is 0 Å². The lowest BCUT2D eigenvalue weighted by Gasteiger charge is -2.12. The fourth-order valence-electron chi connectivity index (χ4n) is 1.50. The van der Waals surface area contributed by atoms with Crippen molar-refractivity contribution in [1.29, 1.82) is 0 Å². The van der Waals surface area contributed by atoms with Crippen LogP contribution in [0.4, 0.5) is 5.69 Å². The Morgan fingerprint density at radius 1 is 1.56 bits per heavy atom. The second-order valence-corrected chi connectivity index (χ2v) is 3.93. The SMILES string of the molecule is COc1cccc([N+](=O)[O-])c1CC(Cl)OC(C)=O. The second kappa shape index (κ2) is 6.20. The van der Waals surface area contributed by atoms with Gasteiger partial charge in [0.2, 0.25) is 0 Å². The van der Waals surface area contributed by atoms with Crippen molar-refractivity contribution in [1.82, 2.24) is 0 Å². The molecule has 1 aromatic rings. The molecule has 0 aliphatic heterocycles. The number of ether oxygens (including phenoxy) is 2. The maximum atomic E-state index is 10.9. The van der Waals surface area contributed by atoms with E-state index < -0.39 is 16.5 Å². The highest BCUT2D eigenvalue weighted by atomic mass is 35.5. The summed E-state index contributed by atoms with van der Waals surface area (Å²) in [4.78, 5) is 21.1. The van der Waals surface area contributed by atoms with E-state index in [0.717, 1.165) is 0 Å². The molecule has 0 saturated heterocycles. The zero-order valence-electron chi connectivity index (χ0n) is 9.88. The van der Waals surface area contributed by atoms with Crippen molar-refractivity contribution >= 4 is 23.3 Å². The van der Waals surface area contributed by atoms with Gasteiger partial charge in [0.15, 0.2) is 5.56 Å². The lowest BCUT2D eigenvalue weighted by atomic mass is 10.1. The molecule has 0 radical (unpaired) electrons. The van der Waals surface area contributed by atoms with E-state index in [2.05, 4.69) is 0 Å². The Bertz CT molecular complexity index is 463. The molecule has 0 amide bonds. The number of methoxy groups -OCH3 is 1. The number of rotatable bonds is 5. The van der Waals surface area contributed by atoms with Crippen molar-refractivity contribution in [2.45, 2.75) is 18.9 Å². The van der Waals surface area contributed by atoms with Crippen LogP contribution in [0.5, 0.6) is 5.75 Å². The zero-order valence-corrected chi connectivity index (χ0v) is 10.6. The molecule has 18 heavy (non-hydrogen) atoms. The fraction of sp³-hybridized carbons (Fsp3) is 0.364. The number of nitro benzene ring substituents is 1. The number of carbonyl (C=O) groups is 1. The molecule has 0 saturated carbocycles. The highest BCUT2D eigenvalue weighted by Crippen LogP contribution is 2.30. The van der Waals surface area contributed by atoms with Gasteiger partial charge >= 0.3 is 5.97 Å². The van der Waals surface area contributed by atoms with Crippen LogP contribution in [-0.4, -0.2) is 23.6 Å². The molecule has 0 N–H and O–H groups in total. The van der Waals surface area contributed by atoms with Crippen LogP contribution >= 0.6 is 11.6 Å². The quantitative estimate of drug-likeness (QED) is 0.356. The van der Waals surface area contributed by atoms with E-state index in [1.54, 1.807) is 6.07 Å². The number of alkyl halides is 1. The van der Waals surface area contributed by atoms with E-state index in [9.17, 15) is 14.9 Å². The smallest absolute Gasteiger partial charge is 0.304 e. The van der Waals surface area contributed by atoms with Gasteiger partial charge in [-0.1, -0.05) is 17.7 Å².